The van der Waals surface area contributed by atoms with E-state index in [9.17, 15) is 14.4 Å². The van der Waals surface area contributed by atoms with Gasteiger partial charge in [0, 0.05) is 10.9 Å². The van der Waals surface area contributed by atoms with Crippen LogP contribution in [0.4, 0.5) is 0 Å². The van der Waals surface area contributed by atoms with Gasteiger partial charge < -0.3 is 9.30 Å². The lowest BCUT2D eigenvalue weighted by Gasteiger charge is -2.15. The molecule has 116 valence electrons. The van der Waals surface area contributed by atoms with E-state index in [0.29, 0.717) is 17.8 Å². The molecule has 0 atom stereocenters. The Kier molecular flexibility index (Phi) is 2.41. The number of carbonyl (C=O) groups excluding carboxylic acids is 2. The number of ether oxygens (including phenoxy) is 1. The van der Waals surface area contributed by atoms with E-state index in [0.717, 1.165) is 22.2 Å². The van der Waals surface area contributed by atoms with Crippen LogP contribution in [0.15, 0.2) is 41.2 Å². The standard InChI is InChI=1S/C18H10N2O4/c21-14-7-10-6-13-16-11(5-9-3-1-2-4-12(9)19-16)8-20(13)17(22)15(10)18(23)24-14/h1-6H,7-8H2. The van der Waals surface area contributed by atoms with Crippen molar-refractivity contribution in [2.45, 2.75) is 13.0 Å². The highest BCUT2D eigenvalue weighted by Crippen LogP contribution is 2.33. The molecule has 1 aromatic carbocycles. The minimum absolute atomic E-state index is 0.0456. The molecule has 24 heavy (non-hydrogen) atoms. The Balaban J connectivity index is 1.81. The van der Waals surface area contributed by atoms with Crippen molar-refractivity contribution < 1.29 is 14.3 Å². The predicted molar refractivity (Wildman–Crippen MR) is 84.7 cm³/mol. The number of pyridine rings is 2. The number of nitrogens with zero attached hydrogens (tertiary/aromatic N) is 2. The van der Waals surface area contributed by atoms with Gasteiger partial charge in [0.2, 0.25) is 0 Å². The van der Waals surface area contributed by atoms with Gasteiger partial charge in [-0.15, -0.1) is 0 Å². The third-order valence-corrected chi connectivity index (χ3v) is 4.50. The van der Waals surface area contributed by atoms with Crippen LogP contribution in [0.3, 0.4) is 0 Å². The van der Waals surface area contributed by atoms with E-state index < -0.39 is 17.5 Å². The molecule has 6 nitrogen and oxygen atoms in total. The SMILES string of the molecule is O=C1Cc2cc3n(c(=O)c2C(=O)O1)Cc1cc2ccccc2nc1-3. The second-order valence-electron chi connectivity index (χ2n) is 5.95. The normalized spacial score (nSPS) is 15.0. The molecule has 0 unspecified atom stereocenters. The van der Waals surface area contributed by atoms with E-state index in [-0.39, 0.29) is 12.0 Å². The van der Waals surface area contributed by atoms with E-state index in [4.69, 9.17) is 0 Å². The number of cyclic esters (lactones) is 2. The van der Waals surface area contributed by atoms with Gasteiger partial charge in [-0.2, -0.15) is 0 Å². The molecule has 0 amide bonds. The molecule has 0 bridgehead atoms. The van der Waals surface area contributed by atoms with Crippen LogP contribution in [-0.4, -0.2) is 21.5 Å². The van der Waals surface area contributed by atoms with Gasteiger partial charge in [-0.3, -0.25) is 9.59 Å². The topological polar surface area (TPSA) is 78.3 Å². The van der Waals surface area contributed by atoms with E-state index in [1.54, 1.807) is 6.07 Å². The van der Waals surface area contributed by atoms with Crippen molar-refractivity contribution in [2.75, 3.05) is 0 Å². The molecule has 2 aliphatic heterocycles. The van der Waals surface area contributed by atoms with Crippen LogP contribution >= 0.6 is 0 Å². The highest BCUT2D eigenvalue weighted by atomic mass is 16.6. The minimum atomic E-state index is -0.865. The maximum Gasteiger partial charge on any atom is 0.351 e. The Morgan fingerprint density at radius 2 is 1.88 bits per heavy atom. The number of hydrogen-bond acceptors (Lipinski definition) is 5. The van der Waals surface area contributed by atoms with Gasteiger partial charge in [-0.05, 0) is 23.8 Å². The van der Waals surface area contributed by atoms with Crippen LogP contribution in [0.25, 0.3) is 22.3 Å². The lowest BCUT2D eigenvalue weighted by atomic mass is 10.0. The Bertz CT molecular complexity index is 1140. The fraction of sp³-hybridized carbons (Fsp3) is 0.111. The fourth-order valence-electron chi connectivity index (χ4n) is 3.43. The molecular formula is C18H10N2O4. The van der Waals surface area contributed by atoms with E-state index in [1.165, 1.54) is 4.57 Å². The molecule has 0 N–H and O–H groups in total. The summed E-state index contributed by atoms with van der Waals surface area (Å²) in [5.41, 5.74) is 3.06. The summed E-state index contributed by atoms with van der Waals surface area (Å²) in [6.45, 7) is 0.357. The van der Waals surface area contributed by atoms with Crippen molar-refractivity contribution in [3.8, 4) is 11.4 Å². The van der Waals surface area contributed by atoms with Crippen molar-refractivity contribution in [2.24, 2.45) is 0 Å². The molecule has 2 aliphatic rings. The van der Waals surface area contributed by atoms with Crippen LogP contribution in [0.1, 0.15) is 21.5 Å². The number of rotatable bonds is 0. The van der Waals surface area contributed by atoms with Gasteiger partial charge in [0.15, 0.2) is 0 Å². The van der Waals surface area contributed by atoms with Crippen molar-refractivity contribution in [3.63, 3.8) is 0 Å². The van der Waals surface area contributed by atoms with E-state index >= 15 is 0 Å². The Hall–Kier alpha value is -3.28. The number of fused-ring (bicyclic) bond motifs is 5. The molecule has 6 heteroatoms. The Labute approximate surface area is 135 Å². The lowest BCUT2D eigenvalue weighted by molar-refractivity contribution is -0.137. The molecule has 0 aliphatic carbocycles. The van der Waals surface area contributed by atoms with E-state index in [1.807, 2.05) is 30.3 Å². The third-order valence-electron chi connectivity index (χ3n) is 4.50. The number of esters is 2. The van der Waals surface area contributed by atoms with Crippen LogP contribution < -0.4 is 5.56 Å². The second kappa shape index (κ2) is 4.38. The highest BCUT2D eigenvalue weighted by molar-refractivity contribution is 6.02. The quantitative estimate of drug-likeness (QED) is 0.364. The van der Waals surface area contributed by atoms with Gasteiger partial charge in [-0.25, -0.2) is 9.78 Å². The summed E-state index contributed by atoms with van der Waals surface area (Å²) in [5, 5.41) is 0.997. The third kappa shape index (κ3) is 1.65. The summed E-state index contributed by atoms with van der Waals surface area (Å²) in [4.78, 5) is 40.8. The van der Waals surface area contributed by atoms with Gasteiger partial charge in [0.05, 0.1) is 29.9 Å². The number of para-hydroxylation sites is 1. The monoisotopic (exact) mass is 318 g/mol. The average molecular weight is 318 g/mol. The molecule has 0 saturated heterocycles. The molecule has 0 radical (unpaired) electrons. The minimum Gasteiger partial charge on any atom is -0.389 e. The van der Waals surface area contributed by atoms with Gasteiger partial charge in [0.25, 0.3) is 5.56 Å². The molecule has 3 aromatic rings. The molecule has 4 heterocycles. The predicted octanol–water partition coefficient (Wildman–Crippen LogP) is 1.66. The fourth-order valence-corrected chi connectivity index (χ4v) is 3.43. The summed E-state index contributed by atoms with van der Waals surface area (Å²) in [7, 11) is 0. The summed E-state index contributed by atoms with van der Waals surface area (Å²) in [6, 6.07) is 11.4. The molecule has 2 aromatic heterocycles. The summed E-state index contributed by atoms with van der Waals surface area (Å²) >= 11 is 0. The zero-order chi connectivity index (χ0) is 16.4. The molecule has 0 fully saturated rings. The number of aromatic nitrogens is 2. The first-order valence-corrected chi connectivity index (χ1v) is 7.52. The molecule has 5 rings (SSSR count). The maximum atomic E-state index is 12.7. The second-order valence-corrected chi connectivity index (χ2v) is 5.95. The van der Waals surface area contributed by atoms with Crippen LogP contribution in [-0.2, 0) is 22.5 Å². The first-order chi connectivity index (χ1) is 11.6. The number of hydrogen-bond donors (Lipinski definition) is 0. The Morgan fingerprint density at radius 1 is 1.04 bits per heavy atom. The van der Waals surface area contributed by atoms with Crippen LogP contribution in [0.5, 0.6) is 0 Å². The number of carbonyl (C=O) groups is 2. The van der Waals surface area contributed by atoms with Gasteiger partial charge in [-0.1, -0.05) is 18.2 Å². The van der Waals surface area contributed by atoms with Crippen molar-refractivity contribution >= 4 is 22.8 Å². The summed E-state index contributed by atoms with van der Waals surface area (Å²) in [5.74, 6) is -1.50. The largest absolute Gasteiger partial charge is 0.389 e. The van der Waals surface area contributed by atoms with E-state index in [2.05, 4.69) is 9.72 Å². The summed E-state index contributed by atoms with van der Waals surface area (Å²) < 4.78 is 6.11. The number of benzene rings is 1. The lowest BCUT2D eigenvalue weighted by Crippen LogP contribution is -2.34. The van der Waals surface area contributed by atoms with Crippen LogP contribution in [0.2, 0.25) is 0 Å². The smallest absolute Gasteiger partial charge is 0.351 e. The first-order valence-electron chi connectivity index (χ1n) is 7.52. The zero-order valence-corrected chi connectivity index (χ0v) is 12.4. The van der Waals surface area contributed by atoms with Crippen LogP contribution in [0, 0.1) is 0 Å². The first kappa shape index (κ1) is 13.2. The highest BCUT2D eigenvalue weighted by Gasteiger charge is 2.32. The average Bonchev–Trinajstić information content (AvgIpc) is 2.90. The van der Waals surface area contributed by atoms with Gasteiger partial charge in [0.1, 0.15) is 5.56 Å². The summed E-state index contributed by atoms with van der Waals surface area (Å²) in [6.07, 6.45) is -0.0763. The van der Waals surface area contributed by atoms with Crippen molar-refractivity contribution in [1.29, 1.82) is 0 Å². The van der Waals surface area contributed by atoms with Crippen molar-refractivity contribution in [1.82, 2.24) is 9.55 Å². The Morgan fingerprint density at radius 3 is 2.75 bits per heavy atom. The molecular weight excluding hydrogens is 308 g/mol. The molecule has 0 saturated carbocycles. The maximum absolute atomic E-state index is 12.7. The zero-order valence-electron chi connectivity index (χ0n) is 12.4. The molecule has 0 spiro atoms. The van der Waals surface area contributed by atoms with Gasteiger partial charge >= 0.3 is 11.9 Å². The van der Waals surface area contributed by atoms with Crippen molar-refractivity contribution in [3.05, 3.63) is 63.4 Å².